The summed E-state index contributed by atoms with van der Waals surface area (Å²) in [6.07, 6.45) is 2.69. The molecule has 1 aliphatic carbocycles. The molecule has 1 heterocycles. The maximum atomic E-state index is 12.4. The van der Waals surface area contributed by atoms with Gasteiger partial charge in [0.1, 0.15) is 0 Å². The van der Waals surface area contributed by atoms with E-state index in [0.29, 0.717) is 16.3 Å². The number of aliphatic carboxylic acids is 1. The van der Waals surface area contributed by atoms with Gasteiger partial charge in [-0.3, -0.25) is 9.59 Å². The number of hydrogen-bond donors (Lipinski definition) is 2. The fraction of sp³-hybridized carbons (Fsp3) is 0.333. The van der Waals surface area contributed by atoms with Crippen molar-refractivity contribution in [2.75, 3.05) is 0 Å². The topological polar surface area (TPSA) is 70.2 Å². The molecule has 0 amide bonds. The van der Waals surface area contributed by atoms with Crippen LogP contribution in [0.15, 0.2) is 18.2 Å². The molecule has 2 aromatic rings. The number of H-pyrrole nitrogens is 1. The average Bonchev–Trinajstić information content (AvgIpc) is 2.64. The van der Waals surface area contributed by atoms with Gasteiger partial charge in [-0.15, -0.1) is 0 Å². The monoisotopic (exact) mass is 291 g/mol. The van der Waals surface area contributed by atoms with Crippen molar-refractivity contribution in [3.63, 3.8) is 0 Å². The summed E-state index contributed by atoms with van der Waals surface area (Å²) in [7, 11) is 0. The second-order valence-corrected chi connectivity index (χ2v) is 5.67. The van der Waals surface area contributed by atoms with E-state index in [0.717, 1.165) is 30.2 Å². The summed E-state index contributed by atoms with van der Waals surface area (Å²) in [5.41, 5.74) is 1.73. The van der Waals surface area contributed by atoms with Gasteiger partial charge in [0.25, 0.3) is 0 Å². The lowest BCUT2D eigenvalue weighted by Crippen LogP contribution is -2.23. The van der Waals surface area contributed by atoms with Gasteiger partial charge in [0, 0.05) is 21.8 Å². The largest absolute Gasteiger partial charge is 0.481 e. The van der Waals surface area contributed by atoms with Crippen molar-refractivity contribution >= 4 is 34.3 Å². The Labute approximate surface area is 120 Å². The molecule has 0 unspecified atom stereocenters. The number of aromatic nitrogens is 1. The van der Waals surface area contributed by atoms with Crippen molar-refractivity contribution in [1.82, 2.24) is 4.98 Å². The number of nitrogens with one attached hydrogen (secondary N) is 1. The van der Waals surface area contributed by atoms with E-state index in [1.54, 1.807) is 18.2 Å². The van der Waals surface area contributed by atoms with Crippen LogP contribution in [0.5, 0.6) is 0 Å². The summed E-state index contributed by atoms with van der Waals surface area (Å²) >= 11 is 5.95. The smallest absolute Gasteiger partial charge is 0.307 e. The molecular formula is C15H14ClNO3. The maximum absolute atomic E-state index is 12.4. The van der Waals surface area contributed by atoms with Gasteiger partial charge < -0.3 is 10.1 Å². The van der Waals surface area contributed by atoms with Gasteiger partial charge in [0.2, 0.25) is 0 Å². The molecule has 0 bridgehead atoms. The summed E-state index contributed by atoms with van der Waals surface area (Å²) in [6, 6.07) is 5.20. The van der Waals surface area contributed by atoms with Gasteiger partial charge in [-0.05, 0) is 30.5 Å². The molecule has 0 radical (unpaired) electrons. The standard InChI is InChI=1S/C15H14ClNO3/c16-9-4-5-10-11(7-13(18)19)14(17-12(10)6-9)15(20)8-2-1-3-8/h4-6,8,17H,1-3,7H2,(H,18,19). The number of carboxylic acids is 1. The number of fused-ring (bicyclic) bond motifs is 1. The second kappa shape index (κ2) is 4.94. The van der Waals surface area contributed by atoms with Crippen LogP contribution in [-0.2, 0) is 11.2 Å². The first-order valence-electron chi connectivity index (χ1n) is 6.62. The minimum absolute atomic E-state index is 0.0276. The minimum Gasteiger partial charge on any atom is -0.481 e. The molecule has 0 atom stereocenters. The van der Waals surface area contributed by atoms with Gasteiger partial charge in [-0.25, -0.2) is 0 Å². The van der Waals surface area contributed by atoms with Gasteiger partial charge >= 0.3 is 5.97 Å². The lowest BCUT2D eigenvalue weighted by Gasteiger charge is -2.23. The van der Waals surface area contributed by atoms with Crippen LogP contribution in [0, 0.1) is 5.92 Å². The van der Waals surface area contributed by atoms with E-state index in [2.05, 4.69) is 4.98 Å². The van der Waals surface area contributed by atoms with Crippen LogP contribution < -0.4 is 0 Å². The Morgan fingerprint density at radius 2 is 2.10 bits per heavy atom. The average molecular weight is 292 g/mol. The molecule has 1 aromatic heterocycles. The third-order valence-electron chi connectivity index (χ3n) is 3.92. The van der Waals surface area contributed by atoms with E-state index in [1.807, 2.05) is 0 Å². The van der Waals surface area contributed by atoms with E-state index in [1.165, 1.54) is 0 Å². The molecule has 5 heteroatoms. The number of carbonyl (C=O) groups excluding carboxylic acids is 1. The van der Waals surface area contributed by atoms with Gasteiger partial charge in [0.05, 0.1) is 12.1 Å². The van der Waals surface area contributed by atoms with Crippen LogP contribution in [0.3, 0.4) is 0 Å². The summed E-state index contributed by atoms with van der Waals surface area (Å²) in [5, 5.41) is 10.4. The van der Waals surface area contributed by atoms with Crippen LogP contribution in [0.2, 0.25) is 5.02 Å². The molecule has 20 heavy (non-hydrogen) atoms. The summed E-state index contributed by atoms with van der Waals surface area (Å²) < 4.78 is 0. The molecule has 1 aliphatic rings. The predicted molar refractivity (Wildman–Crippen MR) is 76.3 cm³/mol. The van der Waals surface area contributed by atoms with Crippen LogP contribution >= 0.6 is 11.6 Å². The zero-order valence-corrected chi connectivity index (χ0v) is 11.5. The minimum atomic E-state index is -0.941. The van der Waals surface area contributed by atoms with Crippen LogP contribution in [0.4, 0.5) is 0 Å². The van der Waals surface area contributed by atoms with Crippen molar-refractivity contribution in [2.45, 2.75) is 25.7 Å². The normalized spacial score (nSPS) is 15.2. The lowest BCUT2D eigenvalue weighted by molar-refractivity contribution is -0.136. The number of Topliss-reactive ketones (excluding diaryl/α,β-unsaturated/α-hetero) is 1. The van der Waals surface area contributed by atoms with Crippen LogP contribution in [-0.4, -0.2) is 21.8 Å². The number of carboxylic acid groups (broad SMARTS) is 1. The first-order chi connectivity index (χ1) is 9.56. The fourth-order valence-electron chi connectivity index (χ4n) is 2.65. The number of aromatic amines is 1. The highest BCUT2D eigenvalue weighted by Crippen LogP contribution is 2.33. The Morgan fingerprint density at radius 3 is 2.70 bits per heavy atom. The summed E-state index contributed by atoms with van der Waals surface area (Å²) in [6.45, 7) is 0. The van der Waals surface area contributed by atoms with Crippen molar-refractivity contribution in [3.05, 3.63) is 34.5 Å². The molecule has 3 rings (SSSR count). The van der Waals surface area contributed by atoms with Crippen molar-refractivity contribution < 1.29 is 14.7 Å². The van der Waals surface area contributed by atoms with Crippen LogP contribution in [0.25, 0.3) is 10.9 Å². The lowest BCUT2D eigenvalue weighted by atomic mass is 9.80. The SMILES string of the molecule is O=C(O)Cc1c(C(=O)C2CCC2)[nH]c2cc(Cl)ccc12. The van der Waals surface area contributed by atoms with E-state index in [9.17, 15) is 9.59 Å². The molecule has 4 nitrogen and oxygen atoms in total. The zero-order valence-electron chi connectivity index (χ0n) is 10.8. The molecular weight excluding hydrogens is 278 g/mol. The van der Waals surface area contributed by atoms with Crippen molar-refractivity contribution in [3.8, 4) is 0 Å². The molecule has 1 fully saturated rings. The first-order valence-corrected chi connectivity index (χ1v) is 7.00. The molecule has 104 valence electrons. The molecule has 1 saturated carbocycles. The van der Waals surface area contributed by atoms with Crippen molar-refractivity contribution in [2.24, 2.45) is 5.92 Å². The maximum Gasteiger partial charge on any atom is 0.307 e. The van der Waals surface area contributed by atoms with Gasteiger partial charge in [-0.2, -0.15) is 0 Å². The summed E-state index contributed by atoms with van der Waals surface area (Å²) in [5.74, 6) is -0.880. The Bertz CT molecular complexity index is 700. The van der Waals surface area contributed by atoms with Crippen LogP contribution in [0.1, 0.15) is 35.3 Å². The highest BCUT2D eigenvalue weighted by Gasteiger charge is 2.30. The van der Waals surface area contributed by atoms with Gasteiger partial charge in [0.15, 0.2) is 5.78 Å². The zero-order chi connectivity index (χ0) is 14.3. The van der Waals surface area contributed by atoms with E-state index < -0.39 is 5.97 Å². The Balaban J connectivity index is 2.12. The highest BCUT2D eigenvalue weighted by atomic mass is 35.5. The Kier molecular flexibility index (Phi) is 3.26. The molecule has 0 aliphatic heterocycles. The number of carbonyl (C=O) groups is 2. The second-order valence-electron chi connectivity index (χ2n) is 5.23. The van der Waals surface area contributed by atoms with Gasteiger partial charge in [-0.1, -0.05) is 24.1 Å². The van der Waals surface area contributed by atoms with E-state index >= 15 is 0 Å². The first kappa shape index (κ1) is 13.2. The number of halogens is 1. The quantitative estimate of drug-likeness (QED) is 0.848. The Morgan fingerprint density at radius 1 is 1.35 bits per heavy atom. The number of benzene rings is 1. The van der Waals surface area contributed by atoms with E-state index in [-0.39, 0.29) is 18.1 Å². The molecule has 0 saturated heterocycles. The number of hydrogen-bond acceptors (Lipinski definition) is 2. The predicted octanol–water partition coefficient (Wildman–Crippen LogP) is 3.43. The highest BCUT2D eigenvalue weighted by molar-refractivity contribution is 6.31. The molecule has 2 N–H and O–H groups in total. The third-order valence-corrected chi connectivity index (χ3v) is 4.15. The Hall–Kier alpha value is -1.81. The third kappa shape index (κ3) is 2.20. The number of ketones is 1. The molecule has 1 aromatic carbocycles. The van der Waals surface area contributed by atoms with Crippen molar-refractivity contribution in [1.29, 1.82) is 0 Å². The number of rotatable bonds is 4. The molecule has 0 spiro atoms. The summed E-state index contributed by atoms with van der Waals surface area (Å²) in [4.78, 5) is 26.5. The van der Waals surface area contributed by atoms with E-state index in [4.69, 9.17) is 16.7 Å². The fourth-order valence-corrected chi connectivity index (χ4v) is 2.82.